The van der Waals surface area contributed by atoms with E-state index >= 15 is 0 Å². The molecule has 0 atom stereocenters. The number of nitrogens with zero attached hydrogens (tertiary/aromatic N) is 2. The summed E-state index contributed by atoms with van der Waals surface area (Å²) >= 11 is 9.18. The molecule has 4 nitrogen and oxygen atoms in total. The van der Waals surface area contributed by atoms with E-state index in [1.165, 1.54) is 13.8 Å². The van der Waals surface area contributed by atoms with E-state index in [0.717, 1.165) is 11.8 Å². The minimum absolute atomic E-state index is 0.00144. The maximum absolute atomic E-state index is 10.0. The van der Waals surface area contributed by atoms with Crippen LogP contribution in [-0.2, 0) is 9.59 Å². The van der Waals surface area contributed by atoms with Crippen molar-refractivity contribution in [3.8, 4) is 12.1 Å². The van der Waals surface area contributed by atoms with E-state index in [1.807, 2.05) is 6.07 Å². The van der Waals surface area contributed by atoms with Crippen LogP contribution in [0.1, 0.15) is 13.8 Å². The number of thioether (sulfide) groups is 1. The van der Waals surface area contributed by atoms with Gasteiger partial charge in [-0.05, 0) is 0 Å². The Hall–Kier alpha value is -0.690. The minimum atomic E-state index is -0.139. The Bertz CT molecular complexity index is 254. The van der Waals surface area contributed by atoms with Gasteiger partial charge in [0.1, 0.15) is 5.88 Å². The Morgan fingerprint density at radius 2 is 1.67 bits per heavy atom. The first kappa shape index (κ1) is 19.8. The number of nitriles is 2. The fourth-order valence-corrected chi connectivity index (χ4v) is 0.402. The van der Waals surface area contributed by atoms with Crippen LogP contribution in [0.15, 0.2) is 0 Å². The molecule has 0 N–H and O–H groups in total. The van der Waals surface area contributed by atoms with E-state index in [0.29, 0.717) is 0 Å². The van der Waals surface area contributed by atoms with Crippen LogP contribution in [0.5, 0.6) is 0 Å². The third-order valence-electron chi connectivity index (χ3n) is 0.400. The molecule has 0 unspecified atom stereocenters. The predicted octanol–water partition coefficient (Wildman–Crippen LogP) is 2.00. The zero-order valence-corrected chi connectivity index (χ0v) is 10.8. The molecule has 0 radical (unpaired) electrons. The summed E-state index contributed by atoms with van der Waals surface area (Å²) in [5, 5.41) is 15.2. The molecule has 0 aliphatic heterocycles. The number of hydrogen-bond acceptors (Lipinski definition) is 5. The van der Waals surface area contributed by atoms with Gasteiger partial charge in [0, 0.05) is 13.8 Å². The molecule has 0 spiro atoms. The largest absolute Gasteiger partial charge is 0.288 e. The average molecular weight is 267 g/mol. The maximum Gasteiger partial charge on any atom is 0.186 e. The van der Waals surface area contributed by atoms with Gasteiger partial charge in [0.2, 0.25) is 0 Å². The predicted molar refractivity (Wildman–Crippen MR) is 64.8 cm³/mol. The third kappa shape index (κ3) is 91.7. The summed E-state index contributed by atoms with van der Waals surface area (Å²) < 4.78 is 0. The Balaban J connectivity index is -0.000000155. The normalized spacial score (nSPS) is 6.53. The van der Waals surface area contributed by atoms with Gasteiger partial charge in [-0.15, -0.1) is 24.2 Å². The van der Waals surface area contributed by atoms with Gasteiger partial charge in [-0.25, -0.2) is 0 Å². The van der Waals surface area contributed by atoms with Gasteiger partial charge >= 0.3 is 0 Å². The molecule has 0 saturated carbocycles. The molecule has 0 fully saturated rings. The number of thiol groups is 1. The van der Waals surface area contributed by atoms with Crippen LogP contribution in [0.2, 0.25) is 0 Å². The fourth-order valence-electron chi connectivity index (χ4n) is 0.134. The summed E-state index contributed by atoms with van der Waals surface area (Å²) in [6.45, 7) is 2.84. The molecule has 0 saturated heterocycles. The second-order valence-electron chi connectivity index (χ2n) is 1.75. The molecule has 7 heteroatoms. The molecule has 0 aromatic rings. The van der Waals surface area contributed by atoms with Gasteiger partial charge in [-0.3, -0.25) is 9.59 Å². The van der Waals surface area contributed by atoms with Crippen molar-refractivity contribution in [1.82, 2.24) is 0 Å². The van der Waals surface area contributed by atoms with Crippen molar-refractivity contribution in [2.24, 2.45) is 0 Å². The zero-order valence-electron chi connectivity index (χ0n) is 8.36. The Labute approximate surface area is 104 Å². The van der Waals surface area contributed by atoms with Gasteiger partial charge in [0.25, 0.3) is 0 Å². The molecule has 0 amide bonds. The number of alkyl halides is 1. The summed E-state index contributed by atoms with van der Waals surface area (Å²) in [6.07, 6.45) is 0. The van der Waals surface area contributed by atoms with Crippen LogP contribution in [0, 0.1) is 22.7 Å². The highest BCUT2D eigenvalue weighted by Gasteiger charge is 1.87. The van der Waals surface area contributed by atoms with Crippen molar-refractivity contribution in [3.63, 3.8) is 0 Å². The van der Waals surface area contributed by atoms with Gasteiger partial charge in [-0.2, -0.15) is 10.5 Å². The molecule has 0 bridgehead atoms. The van der Waals surface area contributed by atoms with E-state index in [1.54, 1.807) is 6.07 Å². The molecule has 84 valence electrons. The van der Waals surface area contributed by atoms with Gasteiger partial charge in [0.05, 0.1) is 17.9 Å². The number of halogens is 1. The zero-order chi connectivity index (χ0) is 12.7. The molecule has 0 aromatic carbocycles. The van der Waals surface area contributed by atoms with Crippen LogP contribution >= 0.6 is 36.0 Å². The minimum Gasteiger partial charge on any atom is -0.288 e. The standard InChI is InChI=1S/C4H5NOS.C2H2ClN.C2H4OS/c1-4(6)7-3-2-5;3-1-2-4;1-2(3)4/h3H2,1H3;1H2;1H3,(H,3,4). The lowest BCUT2D eigenvalue weighted by Gasteiger charge is -1.79. The molecular weight excluding hydrogens is 256 g/mol. The highest BCUT2D eigenvalue weighted by atomic mass is 35.5. The third-order valence-corrected chi connectivity index (χ3v) is 1.20. The summed E-state index contributed by atoms with van der Waals surface area (Å²) in [5.41, 5.74) is 0. The van der Waals surface area contributed by atoms with Gasteiger partial charge in [-0.1, -0.05) is 11.8 Å². The first-order valence-electron chi connectivity index (χ1n) is 3.55. The average Bonchev–Trinajstić information content (AvgIpc) is 2.14. The van der Waals surface area contributed by atoms with E-state index in [-0.39, 0.29) is 21.9 Å². The van der Waals surface area contributed by atoms with Crippen LogP contribution in [0.3, 0.4) is 0 Å². The topological polar surface area (TPSA) is 81.7 Å². The lowest BCUT2D eigenvalue weighted by Crippen LogP contribution is -1.80. The highest BCUT2D eigenvalue weighted by molar-refractivity contribution is 8.13. The number of hydrogen-bond donors (Lipinski definition) is 1. The van der Waals surface area contributed by atoms with Crippen molar-refractivity contribution in [2.45, 2.75) is 13.8 Å². The Kier molecular flexibility index (Phi) is 25.1. The summed E-state index contributed by atoms with van der Waals surface area (Å²) in [6, 6.07) is 3.54. The first-order chi connectivity index (χ1) is 6.92. The second-order valence-corrected chi connectivity index (χ2v) is 3.80. The summed E-state index contributed by atoms with van der Waals surface area (Å²) in [4.78, 5) is 19.3. The first-order valence-corrected chi connectivity index (χ1v) is 5.51. The molecule has 0 heterocycles. The molecule has 0 aliphatic carbocycles. The van der Waals surface area contributed by atoms with E-state index < -0.39 is 0 Å². The van der Waals surface area contributed by atoms with Crippen LogP contribution < -0.4 is 0 Å². The molecule has 15 heavy (non-hydrogen) atoms. The quantitative estimate of drug-likeness (QED) is 0.580. The molecule has 0 rings (SSSR count). The molecule has 0 aliphatic rings. The van der Waals surface area contributed by atoms with E-state index in [2.05, 4.69) is 12.6 Å². The van der Waals surface area contributed by atoms with Crippen molar-refractivity contribution < 1.29 is 9.59 Å². The Morgan fingerprint density at radius 1 is 1.33 bits per heavy atom. The molecule has 0 aromatic heterocycles. The van der Waals surface area contributed by atoms with Crippen molar-refractivity contribution in [2.75, 3.05) is 11.6 Å². The maximum atomic E-state index is 10.0. The summed E-state index contributed by atoms with van der Waals surface area (Å²) in [5.74, 6) is 0.370. The number of carbonyl (C=O) groups is 2. The van der Waals surface area contributed by atoms with E-state index in [4.69, 9.17) is 22.1 Å². The lowest BCUT2D eigenvalue weighted by atomic mass is 10.9. The fraction of sp³-hybridized carbons (Fsp3) is 0.500. The van der Waals surface area contributed by atoms with Crippen molar-refractivity contribution in [3.05, 3.63) is 0 Å². The van der Waals surface area contributed by atoms with Gasteiger partial charge in [0.15, 0.2) is 10.2 Å². The van der Waals surface area contributed by atoms with Crippen LogP contribution in [-0.4, -0.2) is 21.9 Å². The Morgan fingerprint density at radius 3 is 1.73 bits per heavy atom. The number of rotatable bonds is 1. The van der Waals surface area contributed by atoms with E-state index in [9.17, 15) is 9.59 Å². The smallest absolute Gasteiger partial charge is 0.186 e. The SMILES string of the molecule is CC(=O)S.CC(=O)SCC#N.N#CCCl. The molecular formula is C8H11ClN2O2S2. The van der Waals surface area contributed by atoms with Gasteiger partial charge < -0.3 is 0 Å². The number of carbonyl (C=O) groups excluding carboxylic acids is 2. The van der Waals surface area contributed by atoms with Crippen molar-refractivity contribution >= 4 is 46.2 Å². The van der Waals surface area contributed by atoms with Crippen LogP contribution in [0.25, 0.3) is 0 Å². The lowest BCUT2D eigenvalue weighted by molar-refractivity contribution is -0.109. The van der Waals surface area contributed by atoms with Crippen LogP contribution in [0.4, 0.5) is 0 Å². The second kappa shape index (κ2) is 19.0. The van der Waals surface area contributed by atoms with Crippen molar-refractivity contribution in [1.29, 1.82) is 10.5 Å². The monoisotopic (exact) mass is 266 g/mol. The highest BCUT2D eigenvalue weighted by Crippen LogP contribution is 1.96. The summed E-state index contributed by atoms with van der Waals surface area (Å²) in [7, 11) is 0.